The molecule has 0 aliphatic carbocycles. The van der Waals surface area contributed by atoms with Crippen molar-refractivity contribution in [1.29, 1.82) is 0 Å². The van der Waals surface area contributed by atoms with E-state index in [-0.39, 0.29) is 23.0 Å². The molecule has 9 heteroatoms. The number of rotatable bonds is 5. The van der Waals surface area contributed by atoms with Crippen LogP contribution in [0.3, 0.4) is 0 Å². The predicted molar refractivity (Wildman–Crippen MR) is 77.7 cm³/mol. The Morgan fingerprint density at radius 2 is 2.05 bits per heavy atom. The van der Waals surface area contributed by atoms with Crippen molar-refractivity contribution in [3.05, 3.63) is 33.5 Å². The quantitative estimate of drug-likeness (QED) is 0.790. The monoisotopic (exact) mass is 378 g/mol. The summed E-state index contributed by atoms with van der Waals surface area (Å²) in [5, 5.41) is 2.78. The number of anilines is 1. The molecule has 1 aromatic carbocycles. The molecular formula is C12H10BrClF2N4O. The molecule has 0 fully saturated rings. The van der Waals surface area contributed by atoms with Gasteiger partial charge in [0.2, 0.25) is 17.0 Å². The van der Waals surface area contributed by atoms with Crippen molar-refractivity contribution in [2.45, 2.75) is 13.3 Å². The van der Waals surface area contributed by atoms with E-state index in [2.05, 4.69) is 36.2 Å². The van der Waals surface area contributed by atoms with Gasteiger partial charge in [-0.3, -0.25) is 0 Å². The minimum Gasteiger partial charge on any atom is -0.421 e. The molecule has 1 heterocycles. The van der Waals surface area contributed by atoms with Crippen molar-refractivity contribution in [1.82, 2.24) is 15.0 Å². The zero-order valence-corrected chi connectivity index (χ0v) is 13.2. The number of nitrogens with one attached hydrogen (secondary N) is 1. The topological polar surface area (TPSA) is 59.9 Å². The van der Waals surface area contributed by atoms with E-state index in [0.29, 0.717) is 11.0 Å². The van der Waals surface area contributed by atoms with Crippen molar-refractivity contribution in [3.63, 3.8) is 0 Å². The van der Waals surface area contributed by atoms with Crippen molar-refractivity contribution < 1.29 is 13.5 Å². The molecule has 0 radical (unpaired) electrons. The highest BCUT2D eigenvalue weighted by molar-refractivity contribution is 9.10. The normalized spacial score (nSPS) is 10.5. The number of hydrogen-bond acceptors (Lipinski definition) is 5. The molecule has 2 rings (SSSR count). The lowest BCUT2D eigenvalue weighted by Gasteiger charge is -2.08. The minimum atomic E-state index is -1.14. The summed E-state index contributed by atoms with van der Waals surface area (Å²) in [5.41, 5.74) is 0. The van der Waals surface area contributed by atoms with Crippen LogP contribution < -0.4 is 10.1 Å². The third-order valence-electron chi connectivity index (χ3n) is 2.28. The van der Waals surface area contributed by atoms with E-state index in [4.69, 9.17) is 16.3 Å². The third-order valence-corrected chi connectivity index (χ3v) is 2.91. The molecular weight excluding hydrogens is 370 g/mol. The lowest BCUT2D eigenvalue weighted by Crippen LogP contribution is -2.06. The summed E-state index contributed by atoms with van der Waals surface area (Å²) in [5.74, 6) is -2.35. The van der Waals surface area contributed by atoms with E-state index in [9.17, 15) is 8.78 Å². The van der Waals surface area contributed by atoms with Crippen LogP contribution in [0.15, 0.2) is 16.6 Å². The van der Waals surface area contributed by atoms with Gasteiger partial charge in [-0.1, -0.05) is 22.9 Å². The van der Waals surface area contributed by atoms with Gasteiger partial charge in [-0.25, -0.2) is 4.39 Å². The standard InChI is InChI=1S/C12H10BrClF2N4O/c1-2-3-17-11-18-10(14)19-12(20-11)21-8-5-6(13)4-7(15)9(8)16/h4-5H,2-3H2,1H3,(H,17,18,19,20). The van der Waals surface area contributed by atoms with E-state index in [0.717, 1.165) is 12.5 Å². The first kappa shape index (κ1) is 15.8. The first-order chi connectivity index (χ1) is 9.99. The average Bonchev–Trinajstić information content (AvgIpc) is 2.41. The second-order valence-electron chi connectivity index (χ2n) is 3.94. The van der Waals surface area contributed by atoms with Gasteiger partial charge in [0.1, 0.15) is 0 Å². The van der Waals surface area contributed by atoms with Crippen LogP contribution in [0.2, 0.25) is 5.28 Å². The number of halogens is 4. The Hall–Kier alpha value is -1.54. The molecule has 0 bridgehead atoms. The van der Waals surface area contributed by atoms with Crippen LogP contribution in [-0.2, 0) is 0 Å². The van der Waals surface area contributed by atoms with Crippen LogP contribution in [0.4, 0.5) is 14.7 Å². The number of ether oxygens (including phenoxy) is 1. The molecule has 21 heavy (non-hydrogen) atoms. The molecule has 112 valence electrons. The molecule has 0 amide bonds. The van der Waals surface area contributed by atoms with Crippen molar-refractivity contribution in [2.24, 2.45) is 0 Å². The maximum atomic E-state index is 13.6. The molecule has 0 unspecified atom stereocenters. The number of hydrogen-bond donors (Lipinski definition) is 1. The van der Waals surface area contributed by atoms with E-state index in [1.165, 1.54) is 6.07 Å². The summed E-state index contributed by atoms with van der Waals surface area (Å²) in [6.45, 7) is 2.59. The van der Waals surface area contributed by atoms with Crippen LogP contribution >= 0.6 is 27.5 Å². The third kappa shape index (κ3) is 4.21. The second kappa shape index (κ2) is 6.95. The van der Waals surface area contributed by atoms with E-state index < -0.39 is 11.6 Å². The molecule has 0 saturated carbocycles. The first-order valence-corrected chi connectivity index (χ1v) is 7.14. The summed E-state index contributed by atoms with van der Waals surface area (Å²) >= 11 is 8.78. The minimum absolute atomic E-state index is 0.116. The molecule has 0 aliphatic rings. The molecule has 0 aliphatic heterocycles. The fourth-order valence-corrected chi connectivity index (χ4v) is 1.96. The van der Waals surface area contributed by atoms with Gasteiger partial charge in [0, 0.05) is 11.0 Å². The van der Waals surface area contributed by atoms with Gasteiger partial charge < -0.3 is 10.1 Å². The number of nitrogens with zero attached hydrogens (tertiary/aromatic N) is 3. The van der Waals surface area contributed by atoms with Gasteiger partial charge in [0.15, 0.2) is 11.6 Å². The SMILES string of the molecule is CCCNc1nc(Cl)nc(Oc2cc(Br)cc(F)c2F)n1. The average molecular weight is 380 g/mol. The Morgan fingerprint density at radius 3 is 2.76 bits per heavy atom. The van der Waals surface area contributed by atoms with Crippen LogP contribution in [0, 0.1) is 11.6 Å². The predicted octanol–water partition coefficient (Wildman–Crippen LogP) is 4.18. The summed E-state index contributed by atoms with van der Waals surface area (Å²) < 4.78 is 32.4. The summed E-state index contributed by atoms with van der Waals surface area (Å²) in [6, 6.07) is 2.01. The van der Waals surface area contributed by atoms with E-state index in [1.54, 1.807) is 0 Å². The van der Waals surface area contributed by atoms with Gasteiger partial charge in [-0.2, -0.15) is 19.3 Å². The molecule has 0 atom stereocenters. The fourth-order valence-electron chi connectivity index (χ4n) is 1.40. The van der Waals surface area contributed by atoms with Crippen LogP contribution in [-0.4, -0.2) is 21.5 Å². The van der Waals surface area contributed by atoms with Gasteiger partial charge in [0.25, 0.3) is 0 Å². The zero-order chi connectivity index (χ0) is 15.4. The maximum Gasteiger partial charge on any atom is 0.328 e. The molecule has 0 saturated heterocycles. The van der Waals surface area contributed by atoms with E-state index >= 15 is 0 Å². The summed E-state index contributed by atoms with van der Waals surface area (Å²) in [4.78, 5) is 11.5. The highest BCUT2D eigenvalue weighted by Crippen LogP contribution is 2.28. The molecule has 1 N–H and O–H groups in total. The van der Waals surface area contributed by atoms with E-state index in [1.807, 2.05) is 6.92 Å². The lowest BCUT2D eigenvalue weighted by atomic mass is 10.3. The summed E-state index contributed by atoms with van der Waals surface area (Å²) in [7, 11) is 0. The molecule has 2 aromatic rings. The largest absolute Gasteiger partial charge is 0.421 e. The number of aromatic nitrogens is 3. The Morgan fingerprint density at radius 1 is 1.29 bits per heavy atom. The highest BCUT2D eigenvalue weighted by atomic mass is 79.9. The fraction of sp³-hybridized carbons (Fsp3) is 0.250. The maximum absolute atomic E-state index is 13.6. The van der Waals surface area contributed by atoms with Crippen LogP contribution in [0.5, 0.6) is 11.8 Å². The Balaban J connectivity index is 2.29. The van der Waals surface area contributed by atoms with Crippen molar-refractivity contribution in [3.8, 4) is 11.8 Å². The molecule has 5 nitrogen and oxygen atoms in total. The van der Waals surface area contributed by atoms with Crippen LogP contribution in [0.1, 0.15) is 13.3 Å². The Bertz CT molecular complexity index is 659. The van der Waals surface area contributed by atoms with Gasteiger partial charge in [-0.05, 0) is 30.2 Å². The molecule has 1 aromatic heterocycles. The Labute approximate surface area is 132 Å². The van der Waals surface area contributed by atoms with Gasteiger partial charge in [-0.15, -0.1) is 0 Å². The second-order valence-corrected chi connectivity index (χ2v) is 5.19. The first-order valence-electron chi connectivity index (χ1n) is 5.97. The van der Waals surface area contributed by atoms with Crippen LogP contribution in [0.25, 0.3) is 0 Å². The van der Waals surface area contributed by atoms with Gasteiger partial charge in [0.05, 0.1) is 0 Å². The summed E-state index contributed by atoms with van der Waals surface area (Å²) in [6.07, 6.45) is 0.852. The Kier molecular flexibility index (Phi) is 5.24. The number of benzene rings is 1. The lowest BCUT2D eigenvalue weighted by molar-refractivity contribution is 0.391. The highest BCUT2D eigenvalue weighted by Gasteiger charge is 2.14. The van der Waals surface area contributed by atoms with Crippen molar-refractivity contribution in [2.75, 3.05) is 11.9 Å². The zero-order valence-electron chi connectivity index (χ0n) is 10.8. The van der Waals surface area contributed by atoms with Gasteiger partial charge >= 0.3 is 6.01 Å². The van der Waals surface area contributed by atoms with Crippen molar-refractivity contribution >= 4 is 33.5 Å². The molecule has 0 spiro atoms. The smallest absolute Gasteiger partial charge is 0.328 e.